The summed E-state index contributed by atoms with van der Waals surface area (Å²) in [5.41, 5.74) is 2.00. The van der Waals surface area contributed by atoms with Crippen molar-refractivity contribution < 1.29 is 9.53 Å². The predicted octanol–water partition coefficient (Wildman–Crippen LogP) is 5.66. The minimum atomic E-state index is -0.553. The smallest absolute Gasteiger partial charge is 0.419 e. The average molecular weight is 371 g/mol. The van der Waals surface area contributed by atoms with E-state index >= 15 is 0 Å². The second kappa shape index (κ2) is 5.85. The van der Waals surface area contributed by atoms with E-state index in [-0.39, 0.29) is 0 Å². The van der Waals surface area contributed by atoms with E-state index < -0.39 is 11.7 Å². The molecular weight excluding hydrogens is 354 g/mol. The third kappa shape index (κ3) is 3.89. The van der Waals surface area contributed by atoms with Crippen molar-refractivity contribution >= 4 is 33.6 Å². The molecule has 0 spiro atoms. The molecule has 0 N–H and O–H groups in total. The highest BCUT2D eigenvalue weighted by Crippen LogP contribution is 2.32. The fourth-order valence-corrected chi connectivity index (χ4v) is 2.68. The summed E-state index contributed by atoms with van der Waals surface area (Å²) < 4.78 is 7.68. The SMILES string of the molecule is Cc1ccc(-c2cc(Br)cn2C(=O)OC(C)(C)C)c(Cl)c1. The lowest BCUT2D eigenvalue weighted by Crippen LogP contribution is -2.27. The Morgan fingerprint density at radius 2 is 1.95 bits per heavy atom. The van der Waals surface area contributed by atoms with Gasteiger partial charge in [-0.05, 0) is 61.3 Å². The molecule has 0 unspecified atom stereocenters. The van der Waals surface area contributed by atoms with Gasteiger partial charge in [0.15, 0.2) is 0 Å². The largest absolute Gasteiger partial charge is 0.443 e. The molecule has 0 aliphatic rings. The van der Waals surface area contributed by atoms with E-state index in [0.717, 1.165) is 15.6 Å². The summed E-state index contributed by atoms with van der Waals surface area (Å²) in [7, 11) is 0. The topological polar surface area (TPSA) is 31.2 Å². The Morgan fingerprint density at radius 3 is 2.52 bits per heavy atom. The van der Waals surface area contributed by atoms with Crippen molar-refractivity contribution in [2.24, 2.45) is 0 Å². The van der Waals surface area contributed by atoms with Crippen LogP contribution >= 0.6 is 27.5 Å². The van der Waals surface area contributed by atoms with Crippen LogP contribution in [0.5, 0.6) is 0 Å². The molecule has 0 atom stereocenters. The first-order chi connectivity index (χ1) is 9.67. The van der Waals surface area contributed by atoms with Crippen LogP contribution in [0.2, 0.25) is 5.02 Å². The zero-order valence-corrected chi connectivity index (χ0v) is 14.7. The van der Waals surface area contributed by atoms with Crippen LogP contribution in [0.1, 0.15) is 26.3 Å². The molecule has 1 aromatic heterocycles. The number of aromatic nitrogens is 1. The number of nitrogens with zero attached hydrogens (tertiary/aromatic N) is 1. The van der Waals surface area contributed by atoms with E-state index in [2.05, 4.69) is 15.9 Å². The molecule has 21 heavy (non-hydrogen) atoms. The third-order valence-corrected chi connectivity index (χ3v) is 3.52. The lowest BCUT2D eigenvalue weighted by atomic mass is 10.1. The van der Waals surface area contributed by atoms with Crippen LogP contribution in [0.4, 0.5) is 4.79 Å². The van der Waals surface area contributed by atoms with E-state index in [9.17, 15) is 4.79 Å². The Labute approximate surface area is 138 Å². The molecule has 2 rings (SSSR count). The number of aryl methyl sites for hydroxylation is 1. The standard InChI is InChI=1S/C16H17BrClNO2/c1-10-5-6-12(13(18)7-10)14-8-11(17)9-19(14)15(20)21-16(2,3)4/h5-9H,1-4H3. The molecule has 1 aromatic carbocycles. The van der Waals surface area contributed by atoms with Crippen LogP contribution in [-0.2, 0) is 4.74 Å². The van der Waals surface area contributed by atoms with Crippen LogP contribution in [0.3, 0.4) is 0 Å². The van der Waals surface area contributed by atoms with Gasteiger partial charge in [-0.15, -0.1) is 0 Å². The van der Waals surface area contributed by atoms with Crippen LogP contribution in [0, 0.1) is 6.92 Å². The maximum atomic E-state index is 12.3. The van der Waals surface area contributed by atoms with E-state index in [0.29, 0.717) is 10.7 Å². The van der Waals surface area contributed by atoms with Gasteiger partial charge in [0.25, 0.3) is 0 Å². The summed E-state index contributed by atoms with van der Waals surface area (Å²) in [5.74, 6) is 0. The van der Waals surface area contributed by atoms with Gasteiger partial charge >= 0.3 is 6.09 Å². The van der Waals surface area contributed by atoms with Crippen molar-refractivity contribution in [3.63, 3.8) is 0 Å². The van der Waals surface area contributed by atoms with Gasteiger partial charge in [0.1, 0.15) is 5.60 Å². The van der Waals surface area contributed by atoms with Gasteiger partial charge in [-0.2, -0.15) is 0 Å². The number of rotatable bonds is 1. The second-order valence-electron chi connectivity index (χ2n) is 5.88. The highest BCUT2D eigenvalue weighted by molar-refractivity contribution is 9.10. The normalized spacial score (nSPS) is 11.5. The Hall–Kier alpha value is -1.26. The number of halogens is 2. The van der Waals surface area contributed by atoms with Crippen LogP contribution in [0.15, 0.2) is 34.9 Å². The van der Waals surface area contributed by atoms with Crippen LogP contribution in [0.25, 0.3) is 11.3 Å². The Balaban J connectivity index is 2.48. The van der Waals surface area contributed by atoms with Gasteiger partial charge in [-0.1, -0.05) is 23.7 Å². The molecule has 0 fully saturated rings. The predicted molar refractivity (Wildman–Crippen MR) is 88.9 cm³/mol. The fourth-order valence-electron chi connectivity index (χ4n) is 1.93. The molecule has 1 heterocycles. The highest BCUT2D eigenvalue weighted by atomic mass is 79.9. The molecule has 2 aromatic rings. The van der Waals surface area contributed by atoms with Crippen molar-refractivity contribution in [1.82, 2.24) is 4.57 Å². The van der Waals surface area contributed by atoms with Gasteiger partial charge < -0.3 is 4.74 Å². The Morgan fingerprint density at radius 1 is 1.29 bits per heavy atom. The Kier molecular flexibility index (Phi) is 4.49. The summed E-state index contributed by atoms with van der Waals surface area (Å²) in [6, 6.07) is 7.58. The molecular formula is C16H17BrClNO2. The molecule has 0 aliphatic heterocycles. The molecule has 3 nitrogen and oxygen atoms in total. The summed E-state index contributed by atoms with van der Waals surface area (Å²) in [5, 5.41) is 0.602. The minimum Gasteiger partial charge on any atom is -0.443 e. The van der Waals surface area contributed by atoms with E-state index in [1.165, 1.54) is 4.57 Å². The van der Waals surface area contributed by atoms with Gasteiger partial charge in [-0.3, -0.25) is 4.57 Å². The molecule has 0 bridgehead atoms. The summed E-state index contributed by atoms with van der Waals surface area (Å²) in [4.78, 5) is 12.3. The van der Waals surface area contributed by atoms with Crippen molar-refractivity contribution in [2.45, 2.75) is 33.3 Å². The molecule has 5 heteroatoms. The average Bonchev–Trinajstić information content (AvgIpc) is 2.69. The quantitative estimate of drug-likeness (QED) is 0.648. The molecule has 0 amide bonds. The summed E-state index contributed by atoms with van der Waals surface area (Å²) in [6.07, 6.45) is 1.25. The van der Waals surface area contributed by atoms with Gasteiger partial charge in [0.05, 0.1) is 10.7 Å². The second-order valence-corrected chi connectivity index (χ2v) is 7.20. The first kappa shape index (κ1) is 16.1. The molecule has 112 valence electrons. The molecule has 0 radical (unpaired) electrons. The van der Waals surface area contributed by atoms with E-state index in [4.69, 9.17) is 16.3 Å². The molecule has 0 aliphatic carbocycles. The van der Waals surface area contributed by atoms with Crippen molar-refractivity contribution in [3.05, 3.63) is 45.5 Å². The number of hydrogen-bond acceptors (Lipinski definition) is 2. The van der Waals surface area contributed by atoms with Crippen molar-refractivity contribution in [2.75, 3.05) is 0 Å². The first-order valence-corrected chi connectivity index (χ1v) is 7.72. The summed E-state index contributed by atoms with van der Waals surface area (Å²) >= 11 is 9.70. The van der Waals surface area contributed by atoms with Crippen LogP contribution < -0.4 is 0 Å². The molecule has 0 saturated heterocycles. The summed E-state index contributed by atoms with van der Waals surface area (Å²) in [6.45, 7) is 7.48. The number of carbonyl (C=O) groups excluding carboxylic acids is 1. The highest BCUT2D eigenvalue weighted by Gasteiger charge is 2.21. The molecule has 0 saturated carbocycles. The fraction of sp³-hybridized carbons (Fsp3) is 0.312. The zero-order valence-electron chi connectivity index (χ0n) is 12.4. The number of carbonyl (C=O) groups is 1. The van der Waals surface area contributed by atoms with E-state index in [1.54, 1.807) is 6.20 Å². The Bertz CT molecular complexity index is 686. The van der Waals surface area contributed by atoms with Crippen LogP contribution in [-0.4, -0.2) is 16.3 Å². The van der Waals surface area contributed by atoms with Crippen molar-refractivity contribution in [1.29, 1.82) is 0 Å². The maximum absolute atomic E-state index is 12.3. The number of ether oxygens (including phenoxy) is 1. The van der Waals surface area contributed by atoms with E-state index in [1.807, 2.05) is 52.0 Å². The minimum absolute atomic E-state index is 0.431. The maximum Gasteiger partial charge on any atom is 0.419 e. The monoisotopic (exact) mass is 369 g/mol. The first-order valence-electron chi connectivity index (χ1n) is 6.55. The van der Waals surface area contributed by atoms with Gasteiger partial charge in [0.2, 0.25) is 0 Å². The van der Waals surface area contributed by atoms with Gasteiger partial charge in [0, 0.05) is 16.2 Å². The number of hydrogen-bond donors (Lipinski definition) is 0. The number of benzene rings is 1. The lowest BCUT2D eigenvalue weighted by molar-refractivity contribution is 0.0540. The van der Waals surface area contributed by atoms with Crippen molar-refractivity contribution in [3.8, 4) is 11.3 Å². The lowest BCUT2D eigenvalue weighted by Gasteiger charge is -2.20. The zero-order chi connectivity index (χ0) is 15.8. The third-order valence-electron chi connectivity index (χ3n) is 2.78. The van der Waals surface area contributed by atoms with Gasteiger partial charge in [-0.25, -0.2) is 4.79 Å².